The van der Waals surface area contributed by atoms with Crippen LogP contribution in [0, 0.1) is 5.92 Å². The lowest BCUT2D eigenvalue weighted by Crippen LogP contribution is -2.51. The molecule has 0 bridgehead atoms. The number of nitrogens with zero attached hydrogens (tertiary/aromatic N) is 5. The van der Waals surface area contributed by atoms with Crippen molar-refractivity contribution in [2.45, 2.75) is 6.54 Å². The molecule has 0 aliphatic carbocycles. The number of rotatable bonds is 6. The molecule has 0 amide bonds. The Bertz CT molecular complexity index is 785. The van der Waals surface area contributed by atoms with Gasteiger partial charge >= 0.3 is 0 Å². The Hall–Kier alpha value is -2.86. The van der Waals surface area contributed by atoms with Crippen LogP contribution in [0.4, 0.5) is 5.82 Å². The Morgan fingerprint density at radius 1 is 0.960 bits per heavy atom. The molecule has 6 nitrogen and oxygen atoms in total. The van der Waals surface area contributed by atoms with Crippen molar-refractivity contribution in [3.8, 4) is 11.3 Å². The SMILES string of the molecule is c1ccc(CNCC2CN(c3ccc(-c4ccncc4)nn3)C2)nc1. The first kappa shape index (κ1) is 15.7. The van der Waals surface area contributed by atoms with Crippen molar-refractivity contribution in [3.63, 3.8) is 0 Å². The van der Waals surface area contributed by atoms with E-state index in [4.69, 9.17) is 0 Å². The highest BCUT2D eigenvalue weighted by Crippen LogP contribution is 2.23. The highest BCUT2D eigenvalue weighted by atomic mass is 15.3. The first-order chi connectivity index (χ1) is 12.4. The van der Waals surface area contributed by atoms with Crippen molar-refractivity contribution in [1.82, 2.24) is 25.5 Å². The quantitative estimate of drug-likeness (QED) is 0.746. The van der Waals surface area contributed by atoms with E-state index >= 15 is 0 Å². The van der Waals surface area contributed by atoms with Crippen LogP contribution >= 0.6 is 0 Å². The molecule has 0 unspecified atom stereocenters. The van der Waals surface area contributed by atoms with E-state index in [-0.39, 0.29) is 0 Å². The Morgan fingerprint density at radius 2 is 1.84 bits per heavy atom. The summed E-state index contributed by atoms with van der Waals surface area (Å²) in [6, 6.07) is 13.9. The van der Waals surface area contributed by atoms with Gasteiger partial charge in [0.2, 0.25) is 0 Å². The Morgan fingerprint density at radius 3 is 2.56 bits per heavy atom. The monoisotopic (exact) mass is 332 g/mol. The first-order valence-corrected chi connectivity index (χ1v) is 8.48. The van der Waals surface area contributed by atoms with Crippen molar-refractivity contribution in [2.24, 2.45) is 5.92 Å². The maximum Gasteiger partial charge on any atom is 0.151 e. The second-order valence-electron chi connectivity index (χ2n) is 6.24. The number of hydrogen-bond donors (Lipinski definition) is 1. The molecule has 3 aromatic heterocycles. The van der Waals surface area contributed by atoms with E-state index in [1.165, 1.54) is 0 Å². The van der Waals surface area contributed by atoms with Crippen LogP contribution in [0.1, 0.15) is 5.69 Å². The second-order valence-corrected chi connectivity index (χ2v) is 6.24. The summed E-state index contributed by atoms with van der Waals surface area (Å²) in [5, 5.41) is 12.2. The molecule has 25 heavy (non-hydrogen) atoms. The van der Waals surface area contributed by atoms with Crippen molar-refractivity contribution < 1.29 is 0 Å². The van der Waals surface area contributed by atoms with Gasteiger partial charge in [0.05, 0.1) is 11.4 Å². The molecule has 1 fully saturated rings. The number of nitrogens with one attached hydrogen (secondary N) is 1. The molecule has 0 radical (unpaired) electrons. The molecule has 1 saturated heterocycles. The van der Waals surface area contributed by atoms with Crippen molar-refractivity contribution in [1.29, 1.82) is 0 Å². The number of aromatic nitrogens is 4. The maximum absolute atomic E-state index is 4.36. The fraction of sp³-hybridized carbons (Fsp3) is 0.263. The minimum atomic E-state index is 0.644. The lowest BCUT2D eigenvalue weighted by atomic mass is 10.00. The predicted octanol–water partition coefficient (Wildman–Crippen LogP) is 2.16. The summed E-state index contributed by atoms with van der Waals surface area (Å²) in [6.07, 6.45) is 5.36. The van der Waals surface area contributed by atoms with Gasteiger partial charge in [-0.1, -0.05) is 6.07 Å². The van der Waals surface area contributed by atoms with E-state index in [0.29, 0.717) is 5.92 Å². The zero-order valence-electron chi connectivity index (χ0n) is 13.9. The van der Waals surface area contributed by atoms with Crippen LogP contribution in [-0.2, 0) is 6.54 Å². The molecule has 4 heterocycles. The molecular weight excluding hydrogens is 312 g/mol. The molecule has 3 aromatic rings. The molecule has 0 spiro atoms. The van der Waals surface area contributed by atoms with Gasteiger partial charge in [-0.05, 0) is 36.4 Å². The van der Waals surface area contributed by atoms with Gasteiger partial charge in [-0.3, -0.25) is 9.97 Å². The van der Waals surface area contributed by atoms with Crippen molar-refractivity contribution >= 4 is 5.82 Å². The summed E-state index contributed by atoms with van der Waals surface area (Å²) < 4.78 is 0. The number of pyridine rings is 2. The Balaban J connectivity index is 1.25. The lowest BCUT2D eigenvalue weighted by molar-refractivity contribution is 0.381. The van der Waals surface area contributed by atoms with Gasteiger partial charge in [0.25, 0.3) is 0 Å². The molecule has 4 rings (SSSR count). The van der Waals surface area contributed by atoms with Gasteiger partial charge in [-0.2, -0.15) is 0 Å². The zero-order chi connectivity index (χ0) is 16.9. The lowest BCUT2D eigenvalue weighted by Gasteiger charge is -2.40. The van der Waals surface area contributed by atoms with Gasteiger partial charge in [0, 0.05) is 56.3 Å². The Kier molecular flexibility index (Phi) is 4.61. The maximum atomic E-state index is 4.36. The third-order valence-corrected chi connectivity index (χ3v) is 4.37. The van der Waals surface area contributed by atoms with E-state index in [9.17, 15) is 0 Å². The van der Waals surface area contributed by atoms with E-state index < -0.39 is 0 Å². The average Bonchev–Trinajstić information content (AvgIpc) is 2.65. The van der Waals surface area contributed by atoms with Crippen LogP contribution in [-0.4, -0.2) is 39.8 Å². The molecular formula is C19H20N6. The standard InChI is InChI=1S/C19H20N6/c1-2-8-22-17(3-1)12-21-11-15-13-25(14-15)19-5-4-18(23-24-19)16-6-9-20-10-7-16/h1-10,15,21H,11-14H2. The van der Waals surface area contributed by atoms with Gasteiger partial charge < -0.3 is 10.2 Å². The molecule has 1 aliphatic rings. The molecule has 126 valence electrons. The summed E-state index contributed by atoms with van der Waals surface area (Å²) in [5.74, 6) is 1.59. The van der Waals surface area contributed by atoms with Gasteiger partial charge in [0.15, 0.2) is 5.82 Å². The van der Waals surface area contributed by atoms with E-state index in [1.807, 2.05) is 48.7 Å². The third kappa shape index (κ3) is 3.80. The fourth-order valence-electron chi connectivity index (χ4n) is 2.96. The molecule has 1 N–H and O–H groups in total. The normalized spacial score (nSPS) is 14.3. The van der Waals surface area contributed by atoms with E-state index in [2.05, 4.69) is 30.4 Å². The molecule has 0 aromatic carbocycles. The van der Waals surface area contributed by atoms with Crippen LogP contribution in [0.2, 0.25) is 0 Å². The van der Waals surface area contributed by atoms with Crippen molar-refractivity contribution in [2.75, 3.05) is 24.5 Å². The smallest absolute Gasteiger partial charge is 0.151 e. The molecule has 6 heteroatoms. The third-order valence-electron chi connectivity index (χ3n) is 4.37. The van der Waals surface area contributed by atoms with Crippen LogP contribution in [0.25, 0.3) is 11.3 Å². The van der Waals surface area contributed by atoms with Crippen LogP contribution in [0.3, 0.4) is 0 Å². The zero-order valence-corrected chi connectivity index (χ0v) is 13.9. The summed E-state index contributed by atoms with van der Waals surface area (Å²) in [7, 11) is 0. The van der Waals surface area contributed by atoms with Crippen LogP contribution in [0.15, 0.2) is 61.1 Å². The highest BCUT2D eigenvalue weighted by molar-refractivity contribution is 5.59. The minimum Gasteiger partial charge on any atom is -0.354 e. The average molecular weight is 332 g/mol. The molecule has 0 saturated carbocycles. The van der Waals surface area contributed by atoms with E-state index in [0.717, 1.165) is 48.9 Å². The predicted molar refractivity (Wildman–Crippen MR) is 96.9 cm³/mol. The van der Waals surface area contributed by atoms with Gasteiger partial charge in [-0.25, -0.2) is 0 Å². The fourth-order valence-corrected chi connectivity index (χ4v) is 2.96. The second kappa shape index (κ2) is 7.36. The first-order valence-electron chi connectivity index (χ1n) is 8.48. The Labute approximate surface area is 147 Å². The van der Waals surface area contributed by atoms with E-state index in [1.54, 1.807) is 12.4 Å². The van der Waals surface area contributed by atoms with Crippen LogP contribution in [0.5, 0.6) is 0 Å². The number of anilines is 1. The van der Waals surface area contributed by atoms with Gasteiger partial charge in [0.1, 0.15) is 0 Å². The summed E-state index contributed by atoms with van der Waals surface area (Å²) in [4.78, 5) is 10.6. The largest absolute Gasteiger partial charge is 0.354 e. The van der Waals surface area contributed by atoms with Gasteiger partial charge in [-0.15, -0.1) is 10.2 Å². The summed E-state index contributed by atoms with van der Waals surface area (Å²) in [6.45, 7) is 3.84. The number of hydrogen-bond acceptors (Lipinski definition) is 6. The van der Waals surface area contributed by atoms with Crippen LogP contribution < -0.4 is 10.2 Å². The topological polar surface area (TPSA) is 66.8 Å². The molecule has 0 atom stereocenters. The summed E-state index contributed by atoms with van der Waals surface area (Å²) >= 11 is 0. The highest BCUT2D eigenvalue weighted by Gasteiger charge is 2.27. The minimum absolute atomic E-state index is 0.644. The summed E-state index contributed by atoms with van der Waals surface area (Å²) in [5.41, 5.74) is 2.99. The van der Waals surface area contributed by atoms with Crippen molar-refractivity contribution in [3.05, 3.63) is 66.7 Å². The molecule has 1 aliphatic heterocycles.